The molecule has 0 fully saturated rings. The first kappa shape index (κ1) is 14.7. The van der Waals surface area contributed by atoms with Crippen molar-refractivity contribution in [3.05, 3.63) is 11.4 Å². The van der Waals surface area contributed by atoms with Crippen LogP contribution in [0.2, 0.25) is 0 Å². The van der Waals surface area contributed by atoms with Gasteiger partial charge in [-0.25, -0.2) is 9.97 Å². The van der Waals surface area contributed by atoms with Crippen molar-refractivity contribution in [2.24, 2.45) is 0 Å². The fourth-order valence-electron chi connectivity index (χ4n) is 1.31. The van der Waals surface area contributed by atoms with Crippen molar-refractivity contribution in [1.29, 1.82) is 0 Å². The van der Waals surface area contributed by atoms with E-state index < -0.39 is 5.60 Å². The molecule has 0 saturated heterocycles. The summed E-state index contributed by atoms with van der Waals surface area (Å²) in [6.07, 6.45) is 0. The number of rotatable bonds is 5. The molecule has 1 heterocycles. The lowest BCUT2D eigenvalue weighted by Gasteiger charge is -2.22. The molecule has 6 heteroatoms. The number of nitrogens with two attached hydrogens (primary N) is 1. The van der Waals surface area contributed by atoms with Crippen molar-refractivity contribution in [3.8, 4) is 0 Å². The molecule has 0 aliphatic heterocycles. The molecule has 18 heavy (non-hydrogen) atoms. The molecule has 0 saturated carbocycles. The van der Waals surface area contributed by atoms with Gasteiger partial charge >= 0.3 is 0 Å². The van der Waals surface area contributed by atoms with Crippen LogP contribution in [0, 0.1) is 6.92 Å². The zero-order chi connectivity index (χ0) is 13.9. The van der Waals surface area contributed by atoms with E-state index in [4.69, 9.17) is 10.8 Å². The van der Waals surface area contributed by atoms with E-state index in [9.17, 15) is 5.11 Å². The summed E-state index contributed by atoms with van der Waals surface area (Å²) >= 11 is 0. The maximum atomic E-state index is 9.74. The first-order valence-corrected chi connectivity index (χ1v) is 5.98. The normalized spacial score (nSPS) is 14.6. The van der Waals surface area contributed by atoms with Crippen LogP contribution in [0.1, 0.15) is 38.1 Å². The minimum atomic E-state index is -1.19. The van der Waals surface area contributed by atoms with Crippen LogP contribution >= 0.6 is 0 Å². The fourth-order valence-corrected chi connectivity index (χ4v) is 1.31. The van der Waals surface area contributed by atoms with Gasteiger partial charge in [0, 0.05) is 18.0 Å². The molecule has 5 N–H and O–H groups in total. The predicted molar refractivity (Wildman–Crippen MR) is 71.5 cm³/mol. The minimum Gasteiger partial charge on any atom is -0.393 e. The Labute approximate surface area is 107 Å². The Bertz CT molecular complexity index is 419. The van der Waals surface area contributed by atoms with Gasteiger partial charge in [-0.15, -0.1) is 0 Å². The number of nitrogens with zero attached hydrogens (tertiary/aromatic N) is 2. The van der Waals surface area contributed by atoms with Gasteiger partial charge in [0.15, 0.2) is 0 Å². The van der Waals surface area contributed by atoms with E-state index in [1.54, 1.807) is 6.92 Å². The van der Waals surface area contributed by atoms with Crippen molar-refractivity contribution in [2.75, 3.05) is 24.2 Å². The number of nitrogen functional groups attached to an aromatic ring is 1. The molecule has 1 unspecified atom stereocenters. The number of anilines is 2. The monoisotopic (exact) mass is 254 g/mol. The zero-order valence-electron chi connectivity index (χ0n) is 11.4. The Kier molecular flexibility index (Phi) is 4.48. The third-order valence-corrected chi connectivity index (χ3v) is 2.69. The van der Waals surface area contributed by atoms with Gasteiger partial charge in [-0.05, 0) is 13.8 Å². The van der Waals surface area contributed by atoms with E-state index in [1.165, 1.54) is 0 Å². The third-order valence-electron chi connectivity index (χ3n) is 2.69. The highest BCUT2D eigenvalue weighted by Crippen LogP contribution is 2.21. The van der Waals surface area contributed by atoms with Crippen LogP contribution in [0.4, 0.5) is 11.6 Å². The maximum Gasteiger partial charge on any atom is 0.135 e. The molecule has 0 amide bonds. The van der Waals surface area contributed by atoms with Crippen LogP contribution in [-0.2, 0) is 0 Å². The highest BCUT2D eigenvalue weighted by molar-refractivity contribution is 5.55. The molecule has 1 atom stereocenters. The largest absolute Gasteiger partial charge is 0.393 e. The molecule has 0 radical (unpaired) electrons. The average molecular weight is 254 g/mol. The van der Waals surface area contributed by atoms with Crippen LogP contribution in [0.3, 0.4) is 0 Å². The summed E-state index contributed by atoms with van der Waals surface area (Å²) in [6.45, 7) is 7.20. The molecule has 0 aromatic carbocycles. The van der Waals surface area contributed by atoms with Crippen molar-refractivity contribution < 1.29 is 10.2 Å². The van der Waals surface area contributed by atoms with Crippen LogP contribution in [0.25, 0.3) is 0 Å². The fraction of sp³-hybridized carbons (Fsp3) is 0.667. The van der Waals surface area contributed by atoms with Gasteiger partial charge in [0.05, 0.1) is 6.61 Å². The summed E-state index contributed by atoms with van der Waals surface area (Å²) in [5, 5.41) is 21.7. The van der Waals surface area contributed by atoms with Gasteiger partial charge < -0.3 is 21.3 Å². The second kappa shape index (κ2) is 5.49. The Balaban J connectivity index is 2.94. The average Bonchev–Trinajstić information content (AvgIpc) is 2.30. The summed E-state index contributed by atoms with van der Waals surface area (Å²) in [6, 6.07) is 0. The quantitative estimate of drug-likeness (QED) is 0.615. The molecule has 0 aliphatic carbocycles. The third kappa shape index (κ3) is 3.54. The highest BCUT2D eigenvalue weighted by Gasteiger charge is 2.20. The Morgan fingerprint density at radius 1 is 1.39 bits per heavy atom. The van der Waals surface area contributed by atoms with Crippen LogP contribution in [0.15, 0.2) is 0 Å². The summed E-state index contributed by atoms with van der Waals surface area (Å²) < 4.78 is 0. The van der Waals surface area contributed by atoms with Gasteiger partial charge in [0.25, 0.3) is 0 Å². The van der Waals surface area contributed by atoms with Crippen molar-refractivity contribution in [1.82, 2.24) is 9.97 Å². The zero-order valence-corrected chi connectivity index (χ0v) is 11.4. The highest BCUT2D eigenvalue weighted by atomic mass is 16.3. The predicted octanol–water partition coefficient (Wildman–Crippen LogP) is 0.646. The minimum absolute atomic E-state index is 0.173. The van der Waals surface area contributed by atoms with E-state index in [-0.39, 0.29) is 19.1 Å². The lowest BCUT2D eigenvalue weighted by atomic mass is 10.1. The molecule has 0 spiro atoms. The molecule has 0 aliphatic rings. The summed E-state index contributed by atoms with van der Waals surface area (Å²) in [4.78, 5) is 8.59. The van der Waals surface area contributed by atoms with Crippen molar-refractivity contribution >= 4 is 11.6 Å². The summed E-state index contributed by atoms with van der Waals surface area (Å²) in [5.41, 5.74) is 5.38. The van der Waals surface area contributed by atoms with E-state index >= 15 is 0 Å². The van der Waals surface area contributed by atoms with E-state index in [1.807, 2.05) is 20.8 Å². The first-order valence-electron chi connectivity index (χ1n) is 5.98. The molecular formula is C12H22N4O2. The first-order chi connectivity index (χ1) is 8.26. The molecule has 6 nitrogen and oxygen atoms in total. The Morgan fingerprint density at radius 2 is 2.00 bits per heavy atom. The number of hydrogen-bond acceptors (Lipinski definition) is 6. The molecule has 1 rings (SSSR count). The van der Waals surface area contributed by atoms with Crippen LogP contribution in [-0.4, -0.2) is 38.9 Å². The molecule has 1 aromatic rings. The molecular weight excluding hydrogens is 232 g/mol. The summed E-state index contributed by atoms with van der Waals surface area (Å²) in [5.74, 6) is 1.86. The van der Waals surface area contributed by atoms with E-state index in [0.29, 0.717) is 17.5 Å². The second-order valence-electron chi connectivity index (χ2n) is 5.10. The van der Waals surface area contributed by atoms with Crippen molar-refractivity contribution in [3.63, 3.8) is 0 Å². The van der Waals surface area contributed by atoms with Crippen molar-refractivity contribution in [2.45, 2.75) is 39.2 Å². The van der Waals surface area contributed by atoms with E-state index in [2.05, 4.69) is 15.3 Å². The molecule has 0 bridgehead atoms. The number of hydrogen-bond donors (Lipinski definition) is 4. The maximum absolute atomic E-state index is 9.74. The second-order valence-corrected chi connectivity index (χ2v) is 5.10. The number of aliphatic hydroxyl groups excluding tert-OH is 1. The number of nitrogens with one attached hydrogen (secondary N) is 1. The van der Waals surface area contributed by atoms with Crippen LogP contribution < -0.4 is 11.1 Å². The standard InChI is InChI=1S/C12H22N4O2/c1-7(2)10-15-9(13)8(3)11(16-10)14-5-12(4,18)6-17/h7,17-18H,5-6H2,1-4H3,(H3,13,14,15,16). The molecule has 102 valence electrons. The van der Waals surface area contributed by atoms with Gasteiger partial charge in [-0.1, -0.05) is 13.8 Å². The Morgan fingerprint density at radius 3 is 2.50 bits per heavy atom. The Hall–Kier alpha value is -1.40. The number of aromatic nitrogens is 2. The summed E-state index contributed by atoms with van der Waals surface area (Å²) in [7, 11) is 0. The van der Waals surface area contributed by atoms with Crippen LogP contribution in [0.5, 0.6) is 0 Å². The topological polar surface area (TPSA) is 104 Å². The van der Waals surface area contributed by atoms with E-state index in [0.717, 1.165) is 5.56 Å². The lowest BCUT2D eigenvalue weighted by molar-refractivity contribution is 0.0131. The van der Waals surface area contributed by atoms with Gasteiger partial charge in [0.1, 0.15) is 23.1 Å². The smallest absolute Gasteiger partial charge is 0.135 e. The SMILES string of the molecule is Cc1c(N)nc(C(C)C)nc1NCC(C)(O)CO. The van der Waals surface area contributed by atoms with Gasteiger partial charge in [-0.2, -0.15) is 0 Å². The van der Waals surface area contributed by atoms with Gasteiger partial charge in [-0.3, -0.25) is 0 Å². The lowest BCUT2D eigenvalue weighted by Crippen LogP contribution is -2.37. The van der Waals surface area contributed by atoms with Gasteiger partial charge in [0.2, 0.25) is 0 Å². The number of aliphatic hydroxyl groups is 2. The molecule has 1 aromatic heterocycles.